The summed E-state index contributed by atoms with van der Waals surface area (Å²) >= 11 is 0. The van der Waals surface area contributed by atoms with Crippen molar-refractivity contribution in [3.05, 3.63) is 76.4 Å². The maximum atomic E-state index is 14.3. The first-order chi connectivity index (χ1) is 19.1. The fraction of sp³-hybridized carbons (Fsp3) is 0.500. The molecule has 0 unspecified atom stereocenters. The fourth-order valence-electron chi connectivity index (χ4n) is 6.63. The fourth-order valence-corrected chi connectivity index (χ4v) is 6.63. The summed E-state index contributed by atoms with van der Waals surface area (Å²) in [6.07, 6.45) is 2.49. The second-order valence-corrected chi connectivity index (χ2v) is 12.2. The molecule has 3 fully saturated rings. The topological polar surface area (TPSA) is 63.5 Å². The van der Waals surface area contributed by atoms with Gasteiger partial charge in [0, 0.05) is 36.7 Å². The molecule has 10 heteroatoms. The van der Waals surface area contributed by atoms with Crippen LogP contribution in [0.1, 0.15) is 64.1 Å². The van der Waals surface area contributed by atoms with Crippen molar-refractivity contribution in [3.63, 3.8) is 0 Å². The van der Waals surface area contributed by atoms with Crippen LogP contribution in [-0.4, -0.2) is 51.9 Å². The molecule has 40 heavy (non-hydrogen) atoms. The van der Waals surface area contributed by atoms with Crippen molar-refractivity contribution in [2.24, 2.45) is 12.5 Å². The minimum Gasteiger partial charge on any atom is -0.379 e. The Morgan fingerprint density at radius 1 is 1.05 bits per heavy atom. The first-order valence-corrected chi connectivity index (χ1v) is 13.9. The molecule has 0 radical (unpaired) electrons. The SMILES string of the molecule is Cn1cnnc1CC1(c2cccc(N3Cc4c(cc(CN5CCC6(CC5)CC6)cc4C(F)(F)F)C3=O)c2)COC1. The lowest BCUT2D eigenvalue weighted by Crippen LogP contribution is -2.49. The molecule has 4 heterocycles. The Morgan fingerprint density at radius 3 is 2.45 bits per heavy atom. The highest BCUT2D eigenvalue weighted by molar-refractivity contribution is 6.10. The van der Waals surface area contributed by atoms with Crippen LogP contribution in [0.15, 0.2) is 42.7 Å². The molecule has 3 aliphatic heterocycles. The number of hydrogen-bond donors (Lipinski definition) is 0. The zero-order valence-corrected chi connectivity index (χ0v) is 22.5. The molecular weight excluding hydrogens is 519 g/mol. The monoisotopic (exact) mass is 551 g/mol. The van der Waals surface area contributed by atoms with Gasteiger partial charge in [-0.25, -0.2) is 0 Å². The van der Waals surface area contributed by atoms with Gasteiger partial charge in [0.1, 0.15) is 12.2 Å². The lowest BCUT2D eigenvalue weighted by molar-refractivity contribution is -0.138. The number of anilines is 1. The summed E-state index contributed by atoms with van der Waals surface area (Å²) in [6, 6.07) is 10.5. The Bertz CT molecular complexity index is 1460. The van der Waals surface area contributed by atoms with Crippen LogP contribution in [0.4, 0.5) is 18.9 Å². The number of aromatic nitrogens is 3. The van der Waals surface area contributed by atoms with E-state index in [9.17, 15) is 18.0 Å². The molecular formula is C30H32F3N5O2. The quantitative estimate of drug-likeness (QED) is 0.437. The van der Waals surface area contributed by atoms with Gasteiger partial charge in [0.15, 0.2) is 0 Å². The summed E-state index contributed by atoms with van der Waals surface area (Å²) in [5.41, 5.74) is 1.79. The number of halogens is 3. The number of benzene rings is 2. The zero-order valence-electron chi connectivity index (χ0n) is 22.5. The molecule has 1 aromatic heterocycles. The molecule has 0 N–H and O–H groups in total. The second kappa shape index (κ2) is 9.14. The number of piperidine rings is 1. The van der Waals surface area contributed by atoms with E-state index in [1.807, 2.05) is 29.8 Å². The van der Waals surface area contributed by atoms with Gasteiger partial charge in [-0.1, -0.05) is 12.1 Å². The number of fused-ring (bicyclic) bond motifs is 1. The summed E-state index contributed by atoms with van der Waals surface area (Å²) in [5, 5.41) is 8.20. The van der Waals surface area contributed by atoms with E-state index in [1.165, 1.54) is 23.8 Å². The molecule has 4 aliphatic rings. The van der Waals surface area contributed by atoms with Gasteiger partial charge in [0.2, 0.25) is 0 Å². The molecule has 1 spiro atoms. The first kappa shape index (κ1) is 25.7. The molecule has 1 amide bonds. The van der Waals surface area contributed by atoms with Crippen LogP contribution in [0, 0.1) is 5.41 Å². The van der Waals surface area contributed by atoms with Gasteiger partial charge in [-0.3, -0.25) is 9.69 Å². The molecule has 0 bridgehead atoms. The van der Waals surface area contributed by atoms with E-state index >= 15 is 0 Å². The number of amides is 1. The van der Waals surface area contributed by atoms with Crippen LogP contribution in [0.5, 0.6) is 0 Å². The number of hydrogen-bond acceptors (Lipinski definition) is 5. The van der Waals surface area contributed by atoms with Crippen molar-refractivity contribution in [1.29, 1.82) is 0 Å². The summed E-state index contributed by atoms with van der Waals surface area (Å²) in [7, 11) is 1.89. The van der Waals surface area contributed by atoms with Gasteiger partial charge in [0.05, 0.1) is 25.3 Å². The van der Waals surface area contributed by atoms with Crippen LogP contribution in [0.3, 0.4) is 0 Å². The van der Waals surface area contributed by atoms with E-state index in [1.54, 1.807) is 18.5 Å². The maximum Gasteiger partial charge on any atom is 0.416 e. The van der Waals surface area contributed by atoms with E-state index in [4.69, 9.17) is 4.74 Å². The van der Waals surface area contributed by atoms with E-state index in [-0.39, 0.29) is 29.0 Å². The highest BCUT2D eigenvalue weighted by atomic mass is 19.4. The minimum atomic E-state index is -4.54. The third kappa shape index (κ3) is 4.41. The van der Waals surface area contributed by atoms with E-state index in [0.29, 0.717) is 42.8 Å². The molecule has 3 aromatic rings. The Balaban J connectivity index is 1.17. The van der Waals surface area contributed by atoms with Gasteiger partial charge >= 0.3 is 6.18 Å². The Hall–Kier alpha value is -3.24. The third-order valence-corrected chi connectivity index (χ3v) is 9.52. The standard InChI is InChI=1S/C30H32F3N5O2/c1-36-19-34-35-26(36)14-29(17-40-18-29)21-3-2-4-22(13-21)38-16-24-23(27(38)39)11-20(12-25(24)30(31,32)33)15-37-9-7-28(5-6-28)8-10-37/h2-4,11-13,19H,5-10,14-18H2,1H3. The first-order valence-electron chi connectivity index (χ1n) is 13.9. The summed E-state index contributed by atoms with van der Waals surface area (Å²) < 4.78 is 50.3. The van der Waals surface area contributed by atoms with Crippen LogP contribution in [0.2, 0.25) is 0 Å². The van der Waals surface area contributed by atoms with Crippen LogP contribution < -0.4 is 4.90 Å². The van der Waals surface area contributed by atoms with Gasteiger partial charge in [-0.05, 0) is 85.1 Å². The minimum absolute atomic E-state index is 0.0583. The number of rotatable bonds is 6. The Labute approximate surface area is 230 Å². The number of ether oxygens (including phenoxy) is 1. The highest BCUT2D eigenvalue weighted by Gasteiger charge is 2.45. The molecule has 210 valence electrons. The predicted molar refractivity (Wildman–Crippen MR) is 142 cm³/mol. The number of alkyl halides is 3. The van der Waals surface area contributed by atoms with E-state index < -0.39 is 11.7 Å². The van der Waals surface area contributed by atoms with Gasteiger partial charge in [-0.2, -0.15) is 13.2 Å². The van der Waals surface area contributed by atoms with E-state index in [2.05, 4.69) is 15.1 Å². The van der Waals surface area contributed by atoms with Crippen molar-refractivity contribution in [3.8, 4) is 0 Å². The van der Waals surface area contributed by atoms with Crippen molar-refractivity contribution in [2.45, 2.75) is 56.8 Å². The number of carbonyl (C=O) groups is 1. The summed E-state index contributed by atoms with van der Waals surface area (Å²) in [6.45, 7) is 3.11. The number of nitrogens with zero attached hydrogens (tertiary/aromatic N) is 5. The predicted octanol–water partition coefficient (Wildman–Crippen LogP) is 4.88. The Morgan fingerprint density at radius 2 is 1.82 bits per heavy atom. The lowest BCUT2D eigenvalue weighted by atomic mass is 9.75. The number of aryl methyl sites for hydroxylation is 1. The van der Waals surface area contributed by atoms with Gasteiger partial charge < -0.3 is 14.2 Å². The maximum absolute atomic E-state index is 14.3. The smallest absolute Gasteiger partial charge is 0.379 e. The zero-order chi connectivity index (χ0) is 27.7. The summed E-state index contributed by atoms with van der Waals surface area (Å²) in [5.74, 6) is 0.434. The summed E-state index contributed by atoms with van der Waals surface area (Å²) in [4.78, 5) is 17.4. The lowest BCUT2D eigenvalue weighted by Gasteiger charge is -2.42. The average molecular weight is 552 g/mol. The molecule has 1 aliphatic carbocycles. The molecule has 2 saturated heterocycles. The van der Waals surface area contributed by atoms with Crippen LogP contribution >= 0.6 is 0 Å². The average Bonchev–Trinajstić information content (AvgIpc) is 3.41. The van der Waals surface area contributed by atoms with Gasteiger partial charge in [-0.15, -0.1) is 10.2 Å². The Kier molecular flexibility index (Phi) is 5.87. The highest BCUT2D eigenvalue weighted by Crippen LogP contribution is 2.53. The van der Waals surface area contributed by atoms with Crippen molar-refractivity contribution >= 4 is 11.6 Å². The van der Waals surface area contributed by atoms with E-state index in [0.717, 1.165) is 37.3 Å². The third-order valence-electron chi connectivity index (χ3n) is 9.52. The number of likely N-dealkylation sites (tertiary alicyclic amines) is 1. The molecule has 1 saturated carbocycles. The van der Waals surface area contributed by atoms with Gasteiger partial charge in [0.25, 0.3) is 5.91 Å². The van der Waals surface area contributed by atoms with Crippen LogP contribution in [0.25, 0.3) is 0 Å². The van der Waals surface area contributed by atoms with Crippen molar-refractivity contribution < 1.29 is 22.7 Å². The van der Waals surface area contributed by atoms with Crippen molar-refractivity contribution in [2.75, 3.05) is 31.2 Å². The molecule has 7 nitrogen and oxygen atoms in total. The second-order valence-electron chi connectivity index (χ2n) is 12.2. The normalized spacial score (nSPS) is 21.5. The molecule has 0 atom stereocenters. The molecule has 7 rings (SSSR count). The number of carbonyl (C=O) groups excluding carboxylic acids is 1. The van der Waals surface area contributed by atoms with Crippen LogP contribution in [-0.2, 0) is 42.9 Å². The van der Waals surface area contributed by atoms with Crippen molar-refractivity contribution in [1.82, 2.24) is 19.7 Å². The largest absolute Gasteiger partial charge is 0.416 e. The molecule has 2 aromatic carbocycles.